The molecule has 1 saturated heterocycles. The average molecular weight is 462 g/mol. The van der Waals surface area contributed by atoms with Gasteiger partial charge in [-0.2, -0.15) is 0 Å². The number of amides is 1. The maximum Gasteiger partial charge on any atom is 0.221 e. The summed E-state index contributed by atoms with van der Waals surface area (Å²) in [4.78, 5) is 30.5. The third kappa shape index (κ3) is 4.62. The lowest BCUT2D eigenvalue weighted by molar-refractivity contribution is -0.133. The first-order valence-electron chi connectivity index (χ1n) is 12.5. The van der Waals surface area contributed by atoms with Crippen LogP contribution in [0.5, 0.6) is 5.75 Å². The van der Waals surface area contributed by atoms with Gasteiger partial charge in [0, 0.05) is 63.1 Å². The van der Waals surface area contributed by atoms with E-state index >= 15 is 0 Å². The van der Waals surface area contributed by atoms with Gasteiger partial charge in [0.1, 0.15) is 17.9 Å². The number of rotatable bonds is 6. The molecule has 1 N–H and O–H groups in total. The van der Waals surface area contributed by atoms with Crippen molar-refractivity contribution in [2.24, 2.45) is 0 Å². The summed E-state index contributed by atoms with van der Waals surface area (Å²) in [6.45, 7) is 9.86. The Bertz CT molecular complexity index is 1050. The van der Waals surface area contributed by atoms with Crippen molar-refractivity contribution in [3.63, 3.8) is 0 Å². The molecule has 1 aliphatic carbocycles. The van der Waals surface area contributed by atoms with Crippen LogP contribution in [0.1, 0.15) is 42.9 Å². The molecule has 180 valence electrons. The Morgan fingerprint density at radius 3 is 2.59 bits per heavy atom. The lowest BCUT2D eigenvalue weighted by Gasteiger charge is -2.39. The van der Waals surface area contributed by atoms with Crippen LogP contribution in [0.2, 0.25) is 0 Å². The molecule has 2 aromatic rings. The number of carbonyl (C=O) groups excluding carboxylic acids is 2. The zero-order valence-electron chi connectivity index (χ0n) is 20.3. The SMILES string of the molecule is Cc1ccc2c(c1)[C@]1(C)CCC(=O)[C@H](NC(=O)CCN3CCN(Cc4ccccc4)CC3)[C@@H]1O2. The van der Waals surface area contributed by atoms with Gasteiger partial charge in [0.25, 0.3) is 0 Å². The Kier molecular flexibility index (Phi) is 6.45. The molecular weight excluding hydrogens is 426 g/mol. The van der Waals surface area contributed by atoms with E-state index in [2.05, 4.69) is 59.3 Å². The molecule has 3 aliphatic rings. The lowest BCUT2D eigenvalue weighted by Crippen LogP contribution is -2.59. The predicted octanol–water partition coefficient (Wildman–Crippen LogP) is 3.07. The Morgan fingerprint density at radius 2 is 1.82 bits per heavy atom. The first kappa shape index (κ1) is 23.1. The standard InChI is InChI=1S/C28H35N3O3/c1-20-8-9-24-22(18-20)28(2)12-10-23(32)26(27(28)34-24)29-25(33)11-13-30-14-16-31(17-15-30)19-21-6-4-3-5-7-21/h3-9,18,26-27H,10-17,19H2,1-2H3,(H,29,33)/t26-,27-,28-/m0/s1. The smallest absolute Gasteiger partial charge is 0.221 e. The van der Waals surface area contributed by atoms with E-state index in [1.807, 2.05) is 18.2 Å². The molecule has 2 aliphatic heterocycles. The Hall–Kier alpha value is -2.70. The van der Waals surface area contributed by atoms with Gasteiger partial charge in [0.2, 0.25) is 5.91 Å². The maximum absolute atomic E-state index is 12.9. The molecule has 0 aromatic heterocycles. The lowest BCUT2D eigenvalue weighted by atomic mass is 9.67. The van der Waals surface area contributed by atoms with E-state index in [-0.39, 0.29) is 23.2 Å². The quantitative estimate of drug-likeness (QED) is 0.717. The second-order valence-electron chi connectivity index (χ2n) is 10.3. The van der Waals surface area contributed by atoms with Gasteiger partial charge in [-0.1, -0.05) is 55.0 Å². The number of ketones is 1. The Morgan fingerprint density at radius 1 is 1.09 bits per heavy atom. The summed E-state index contributed by atoms with van der Waals surface area (Å²) in [5, 5.41) is 3.05. The molecule has 2 heterocycles. The van der Waals surface area contributed by atoms with Crippen molar-refractivity contribution in [2.75, 3.05) is 32.7 Å². The molecule has 3 atom stereocenters. The minimum absolute atomic E-state index is 0.0648. The fraction of sp³-hybridized carbons (Fsp3) is 0.500. The highest BCUT2D eigenvalue weighted by Crippen LogP contribution is 2.49. The van der Waals surface area contributed by atoms with Crippen LogP contribution < -0.4 is 10.1 Å². The van der Waals surface area contributed by atoms with Crippen molar-refractivity contribution >= 4 is 11.7 Å². The second kappa shape index (κ2) is 9.51. The Balaban J connectivity index is 1.13. The number of benzene rings is 2. The van der Waals surface area contributed by atoms with Crippen LogP contribution in [0.4, 0.5) is 0 Å². The molecule has 2 aromatic carbocycles. The van der Waals surface area contributed by atoms with Gasteiger partial charge in [-0.3, -0.25) is 14.5 Å². The van der Waals surface area contributed by atoms with Crippen molar-refractivity contribution in [1.29, 1.82) is 0 Å². The largest absolute Gasteiger partial charge is 0.487 e. The van der Waals surface area contributed by atoms with Crippen molar-refractivity contribution in [3.05, 3.63) is 65.2 Å². The van der Waals surface area contributed by atoms with Crippen molar-refractivity contribution in [1.82, 2.24) is 15.1 Å². The molecule has 1 amide bonds. The van der Waals surface area contributed by atoms with Crippen molar-refractivity contribution in [3.8, 4) is 5.75 Å². The zero-order chi connectivity index (χ0) is 23.7. The van der Waals surface area contributed by atoms with Crippen LogP contribution in [0.3, 0.4) is 0 Å². The van der Waals surface area contributed by atoms with E-state index in [0.717, 1.165) is 50.5 Å². The fourth-order valence-electron chi connectivity index (χ4n) is 5.71. The van der Waals surface area contributed by atoms with E-state index in [9.17, 15) is 9.59 Å². The third-order valence-electron chi connectivity index (χ3n) is 7.86. The summed E-state index contributed by atoms with van der Waals surface area (Å²) in [6, 6.07) is 16.2. The van der Waals surface area contributed by atoms with Crippen LogP contribution in [-0.4, -0.2) is 66.4 Å². The van der Waals surface area contributed by atoms with Crippen molar-refractivity contribution < 1.29 is 14.3 Å². The van der Waals surface area contributed by atoms with Gasteiger partial charge in [-0.25, -0.2) is 0 Å². The highest BCUT2D eigenvalue weighted by Gasteiger charge is 2.54. The summed E-state index contributed by atoms with van der Waals surface area (Å²) >= 11 is 0. The minimum Gasteiger partial charge on any atom is -0.487 e. The van der Waals surface area contributed by atoms with Gasteiger partial charge in [-0.05, 0) is 25.0 Å². The van der Waals surface area contributed by atoms with Gasteiger partial charge in [0.15, 0.2) is 5.78 Å². The number of Topliss-reactive ketones (excluding diaryl/α,β-unsaturated/α-hetero) is 1. The number of hydrogen-bond acceptors (Lipinski definition) is 5. The van der Waals surface area contributed by atoms with E-state index in [1.54, 1.807) is 0 Å². The average Bonchev–Trinajstić information content (AvgIpc) is 3.13. The molecule has 0 spiro atoms. The van der Waals surface area contributed by atoms with Gasteiger partial charge in [-0.15, -0.1) is 0 Å². The molecule has 0 unspecified atom stereocenters. The van der Waals surface area contributed by atoms with Crippen molar-refractivity contribution in [2.45, 2.75) is 57.2 Å². The van der Waals surface area contributed by atoms with Gasteiger partial charge in [0.05, 0.1) is 0 Å². The number of piperazine rings is 1. The van der Waals surface area contributed by atoms with E-state index in [1.165, 1.54) is 11.1 Å². The molecule has 5 rings (SSSR count). The summed E-state index contributed by atoms with van der Waals surface area (Å²) in [7, 11) is 0. The number of hydrogen-bond donors (Lipinski definition) is 1. The topological polar surface area (TPSA) is 61.9 Å². The van der Waals surface area contributed by atoms with E-state index in [4.69, 9.17) is 4.74 Å². The predicted molar refractivity (Wildman–Crippen MR) is 132 cm³/mol. The highest BCUT2D eigenvalue weighted by molar-refractivity contribution is 5.91. The molecule has 1 saturated carbocycles. The number of fused-ring (bicyclic) bond motifs is 3. The normalized spacial score (nSPS) is 27.1. The van der Waals surface area contributed by atoms with E-state index in [0.29, 0.717) is 19.4 Å². The maximum atomic E-state index is 12.9. The van der Waals surface area contributed by atoms with Gasteiger partial charge >= 0.3 is 0 Å². The summed E-state index contributed by atoms with van der Waals surface area (Å²) < 4.78 is 6.26. The van der Waals surface area contributed by atoms with Crippen LogP contribution in [0.15, 0.2) is 48.5 Å². The first-order valence-corrected chi connectivity index (χ1v) is 12.5. The molecule has 0 bridgehead atoms. The van der Waals surface area contributed by atoms with Gasteiger partial charge < -0.3 is 15.0 Å². The molecule has 6 heteroatoms. The molecule has 2 fully saturated rings. The zero-order valence-corrected chi connectivity index (χ0v) is 20.3. The van der Waals surface area contributed by atoms with Crippen LogP contribution in [0, 0.1) is 6.92 Å². The summed E-state index contributed by atoms with van der Waals surface area (Å²) in [5.74, 6) is 0.861. The minimum atomic E-state index is -0.582. The fourth-order valence-corrected chi connectivity index (χ4v) is 5.71. The number of nitrogens with one attached hydrogen (secondary N) is 1. The summed E-state index contributed by atoms with van der Waals surface area (Å²) in [6.07, 6.45) is 1.29. The molecular formula is C28H35N3O3. The molecule has 6 nitrogen and oxygen atoms in total. The third-order valence-corrected chi connectivity index (χ3v) is 7.86. The number of aryl methyl sites for hydroxylation is 1. The Labute approximate surface area is 202 Å². The second-order valence-corrected chi connectivity index (χ2v) is 10.3. The van der Waals surface area contributed by atoms with Crippen LogP contribution in [-0.2, 0) is 21.5 Å². The molecule has 34 heavy (non-hydrogen) atoms. The molecule has 0 radical (unpaired) electrons. The number of carbonyl (C=O) groups is 2. The van der Waals surface area contributed by atoms with Crippen LogP contribution in [0.25, 0.3) is 0 Å². The highest BCUT2D eigenvalue weighted by atomic mass is 16.5. The number of ether oxygens (including phenoxy) is 1. The monoisotopic (exact) mass is 461 g/mol. The number of nitrogens with zero attached hydrogens (tertiary/aromatic N) is 2. The van der Waals surface area contributed by atoms with Crippen LogP contribution >= 0.6 is 0 Å². The first-order chi connectivity index (χ1) is 16.4. The summed E-state index contributed by atoms with van der Waals surface area (Å²) in [5.41, 5.74) is 3.44. The van der Waals surface area contributed by atoms with E-state index < -0.39 is 6.04 Å².